The highest BCUT2D eigenvalue weighted by molar-refractivity contribution is 7.26. The van der Waals surface area contributed by atoms with E-state index in [1.807, 2.05) is 22.7 Å². The molecule has 2 heterocycles. The second kappa shape index (κ2) is 10.6. The maximum absolute atomic E-state index is 2.56. The van der Waals surface area contributed by atoms with E-state index in [9.17, 15) is 0 Å². The van der Waals surface area contributed by atoms with Gasteiger partial charge in [0.05, 0.1) is 0 Å². The lowest BCUT2D eigenvalue weighted by molar-refractivity contribution is 0.644. The Hall–Kier alpha value is -5.54. The molecule has 256 valence electrons. The number of hydrogen-bond donors (Lipinski definition) is 0. The Morgan fingerprint density at radius 1 is 0.333 bits per heavy atom. The zero-order chi connectivity index (χ0) is 36.1. The summed E-state index contributed by atoms with van der Waals surface area (Å²) in [6.45, 7) is 9.74. The first-order chi connectivity index (χ1) is 26.3. The molecule has 0 unspecified atom stereocenters. The maximum atomic E-state index is 2.56. The van der Waals surface area contributed by atoms with Crippen LogP contribution in [0.25, 0.3) is 95.6 Å². The first-order valence-electron chi connectivity index (χ1n) is 19.0. The van der Waals surface area contributed by atoms with E-state index in [4.69, 9.17) is 0 Å². The fourth-order valence-corrected chi connectivity index (χ4v) is 12.5. The standard InChI is InChI=1S/C52H36S2/c1-51(2)39-17-9-16-37-47-34-25-23-30(32-15-11-21-46-50(32)36-13-6-8-19-44(36)54-46)27-41(34)52(3,4)42(47)28-38(48(37)39)33-24-22-29(26-40(33)51)31-14-10-20-45-49(31)35-12-5-7-18-43(35)53-45/h5-28H,1-4H3. The van der Waals surface area contributed by atoms with Gasteiger partial charge in [-0.15, -0.1) is 22.7 Å². The molecule has 0 saturated carbocycles. The number of benzene rings is 8. The van der Waals surface area contributed by atoms with Crippen LogP contribution in [0.1, 0.15) is 49.9 Å². The van der Waals surface area contributed by atoms with E-state index in [1.165, 1.54) is 118 Å². The molecule has 0 fully saturated rings. The lowest BCUT2D eigenvalue weighted by Gasteiger charge is -2.36. The Bertz CT molecular complexity index is 3270. The van der Waals surface area contributed by atoms with Crippen molar-refractivity contribution in [3.63, 3.8) is 0 Å². The minimum Gasteiger partial charge on any atom is -0.135 e. The van der Waals surface area contributed by atoms with Gasteiger partial charge in [-0.25, -0.2) is 0 Å². The highest BCUT2D eigenvalue weighted by Crippen LogP contribution is 2.58. The summed E-state index contributed by atoms with van der Waals surface area (Å²) in [6.07, 6.45) is 0. The van der Waals surface area contributed by atoms with Crippen molar-refractivity contribution in [1.29, 1.82) is 0 Å². The molecule has 0 aliphatic heterocycles. The van der Waals surface area contributed by atoms with Crippen molar-refractivity contribution in [3.05, 3.63) is 168 Å². The number of thiophene rings is 2. The zero-order valence-electron chi connectivity index (χ0n) is 30.7. The van der Waals surface area contributed by atoms with E-state index in [2.05, 4.69) is 173 Å². The van der Waals surface area contributed by atoms with Crippen molar-refractivity contribution in [3.8, 4) is 44.5 Å². The third-order valence-electron chi connectivity index (χ3n) is 12.9. The van der Waals surface area contributed by atoms with Crippen molar-refractivity contribution in [2.75, 3.05) is 0 Å². The maximum Gasteiger partial charge on any atom is 0.0361 e. The van der Waals surface area contributed by atoms with Gasteiger partial charge in [0, 0.05) is 51.2 Å². The molecular weight excluding hydrogens is 689 g/mol. The lowest BCUT2D eigenvalue weighted by Crippen LogP contribution is -2.24. The third kappa shape index (κ3) is 3.92. The molecule has 8 aromatic carbocycles. The van der Waals surface area contributed by atoms with E-state index in [0.717, 1.165) is 0 Å². The van der Waals surface area contributed by atoms with Crippen LogP contribution in [0.15, 0.2) is 146 Å². The quantitative estimate of drug-likeness (QED) is 0.167. The summed E-state index contributed by atoms with van der Waals surface area (Å²) in [7, 11) is 0. The van der Waals surface area contributed by atoms with Crippen LogP contribution in [-0.4, -0.2) is 0 Å². The first kappa shape index (κ1) is 30.9. The molecule has 12 rings (SSSR count). The topological polar surface area (TPSA) is 0 Å². The third-order valence-corrected chi connectivity index (χ3v) is 15.2. The van der Waals surface area contributed by atoms with Gasteiger partial charge < -0.3 is 0 Å². The summed E-state index contributed by atoms with van der Waals surface area (Å²) in [5.74, 6) is 0. The molecule has 0 nitrogen and oxygen atoms in total. The normalized spacial score (nSPS) is 15.0. The summed E-state index contributed by atoms with van der Waals surface area (Å²) in [5, 5.41) is 8.23. The molecule has 0 amide bonds. The molecule has 2 aliphatic rings. The van der Waals surface area contributed by atoms with Crippen molar-refractivity contribution in [2.45, 2.75) is 38.5 Å². The molecular formula is C52H36S2. The monoisotopic (exact) mass is 724 g/mol. The number of rotatable bonds is 2. The van der Waals surface area contributed by atoms with Crippen LogP contribution in [0.2, 0.25) is 0 Å². The summed E-state index contributed by atoms with van der Waals surface area (Å²) in [5.41, 5.74) is 16.1. The average molecular weight is 725 g/mol. The van der Waals surface area contributed by atoms with Crippen LogP contribution in [0.5, 0.6) is 0 Å². The Kier molecular flexibility index (Phi) is 6.04. The van der Waals surface area contributed by atoms with Gasteiger partial charge in [0.1, 0.15) is 0 Å². The van der Waals surface area contributed by atoms with Gasteiger partial charge in [0.2, 0.25) is 0 Å². The Morgan fingerprint density at radius 3 is 1.46 bits per heavy atom. The van der Waals surface area contributed by atoms with Gasteiger partial charge in [0.25, 0.3) is 0 Å². The van der Waals surface area contributed by atoms with Gasteiger partial charge in [-0.2, -0.15) is 0 Å². The fourth-order valence-electron chi connectivity index (χ4n) is 10.2. The SMILES string of the molecule is CC1(C)c2cc(-c3cccc4sc5ccccc5c34)ccc2-c2c1cc1c3c(cccc23)C(C)(C)c2cc(-c3cccc4sc5ccccc5c34)ccc2-1. The largest absolute Gasteiger partial charge is 0.135 e. The Balaban J connectivity index is 1.06. The number of fused-ring (bicyclic) bond motifs is 12. The van der Waals surface area contributed by atoms with Crippen molar-refractivity contribution < 1.29 is 0 Å². The molecule has 2 heteroatoms. The molecule has 2 aromatic heterocycles. The summed E-state index contributed by atoms with van der Waals surface area (Å²) in [4.78, 5) is 0. The smallest absolute Gasteiger partial charge is 0.0361 e. The van der Waals surface area contributed by atoms with Crippen LogP contribution in [-0.2, 0) is 10.8 Å². The second-order valence-corrected chi connectivity index (χ2v) is 18.6. The zero-order valence-corrected chi connectivity index (χ0v) is 32.3. The highest BCUT2D eigenvalue weighted by atomic mass is 32.1. The van der Waals surface area contributed by atoms with E-state index < -0.39 is 0 Å². The molecule has 0 saturated heterocycles. The van der Waals surface area contributed by atoms with Gasteiger partial charge in [0.15, 0.2) is 0 Å². The summed E-state index contributed by atoms with van der Waals surface area (Å²) in [6, 6.07) is 55.6. The fraction of sp³-hybridized carbons (Fsp3) is 0.115. The molecule has 0 radical (unpaired) electrons. The van der Waals surface area contributed by atoms with Crippen LogP contribution >= 0.6 is 22.7 Å². The van der Waals surface area contributed by atoms with Gasteiger partial charge in [-0.1, -0.05) is 131 Å². The van der Waals surface area contributed by atoms with Crippen molar-refractivity contribution in [1.82, 2.24) is 0 Å². The minimum atomic E-state index is -0.167. The van der Waals surface area contributed by atoms with Crippen molar-refractivity contribution in [2.24, 2.45) is 0 Å². The molecule has 0 spiro atoms. The van der Waals surface area contributed by atoms with E-state index >= 15 is 0 Å². The predicted octanol–water partition coefficient (Wildman–Crippen LogP) is 15.5. The molecule has 0 bridgehead atoms. The molecule has 10 aromatic rings. The molecule has 0 N–H and O–H groups in total. The second-order valence-electron chi connectivity index (χ2n) is 16.4. The van der Waals surface area contributed by atoms with Crippen LogP contribution in [0.4, 0.5) is 0 Å². The van der Waals surface area contributed by atoms with Crippen LogP contribution < -0.4 is 0 Å². The Labute approximate surface area is 323 Å². The highest BCUT2D eigenvalue weighted by Gasteiger charge is 2.41. The first-order valence-corrected chi connectivity index (χ1v) is 20.6. The minimum absolute atomic E-state index is 0.158. The predicted molar refractivity (Wildman–Crippen MR) is 236 cm³/mol. The average Bonchev–Trinajstić information content (AvgIpc) is 3.84. The molecule has 0 atom stereocenters. The van der Waals surface area contributed by atoms with Gasteiger partial charge in [-0.05, 0) is 120 Å². The van der Waals surface area contributed by atoms with E-state index in [0.29, 0.717) is 0 Å². The van der Waals surface area contributed by atoms with Gasteiger partial charge in [-0.3, -0.25) is 0 Å². The van der Waals surface area contributed by atoms with E-state index in [-0.39, 0.29) is 10.8 Å². The number of hydrogen-bond acceptors (Lipinski definition) is 2. The van der Waals surface area contributed by atoms with Crippen LogP contribution in [0.3, 0.4) is 0 Å². The van der Waals surface area contributed by atoms with Crippen molar-refractivity contribution >= 4 is 73.8 Å². The van der Waals surface area contributed by atoms with Gasteiger partial charge >= 0.3 is 0 Å². The lowest BCUT2D eigenvalue weighted by atomic mass is 9.67. The van der Waals surface area contributed by atoms with E-state index in [1.54, 1.807) is 0 Å². The summed E-state index contributed by atoms with van der Waals surface area (Å²) >= 11 is 3.79. The van der Waals surface area contributed by atoms with Crippen LogP contribution in [0, 0.1) is 0 Å². The summed E-state index contributed by atoms with van der Waals surface area (Å²) < 4.78 is 5.40. The molecule has 2 aliphatic carbocycles. The Morgan fingerprint density at radius 2 is 0.833 bits per heavy atom. The molecule has 54 heavy (non-hydrogen) atoms.